The maximum absolute atomic E-state index is 12.4. The third-order valence-electron chi connectivity index (χ3n) is 4.49. The lowest BCUT2D eigenvalue weighted by Crippen LogP contribution is -2.53. The van der Waals surface area contributed by atoms with Gasteiger partial charge in [-0.1, -0.05) is 0 Å². The zero-order valence-corrected chi connectivity index (χ0v) is 13.3. The van der Waals surface area contributed by atoms with E-state index in [-0.39, 0.29) is 18.5 Å². The van der Waals surface area contributed by atoms with E-state index >= 15 is 0 Å². The van der Waals surface area contributed by atoms with Crippen LogP contribution in [-0.2, 0) is 19.5 Å². The molecular weight excluding hydrogens is 328 g/mol. The van der Waals surface area contributed by atoms with Gasteiger partial charge in [0.2, 0.25) is 5.91 Å². The van der Waals surface area contributed by atoms with Crippen LogP contribution in [0.25, 0.3) is 0 Å². The summed E-state index contributed by atoms with van der Waals surface area (Å²) in [5.41, 5.74) is 0. The normalized spacial score (nSPS) is 29.0. The molecule has 0 unspecified atom stereocenters. The molecule has 3 N–H and O–H groups in total. The third kappa shape index (κ3) is 3.57. The number of carbonyl (C=O) groups is 2. The van der Waals surface area contributed by atoms with Crippen LogP contribution in [0.4, 0.5) is 4.79 Å². The minimum absolute atomic E-state index is 0.0874. The van der Waals surface area contributed by atoms with Crippen molar-refractivity contribution in [3.05, 3.63) is 0 Å². The molecule has 3 fully saturated rings. The summed E-state index contributed by atoms with van der Waals surface area (Å²) in [7, 11) is -4.77. The van der Waals surface area contributed by atoms with Crippen molar-refractivity contribution in [2.75, 3.05) is 19.6 Å². The Morgan fingerprint density at radius 1 is 1.26 bits per heavy atom. The fourth-order valence-corrected chi connectivity index (χ4v) is 3.76. The SMILES string of the molecule is O=C(NC1CCNCC1)[C@H]1CC[C@@H]2CN1C(=O)N2OS(=O)(=O)O. The molecule has 2 atom stereocenters. The number of rotatable bonds is 4. The fraction of sp³-hybridized carbons (Fsp3) is 0.833. The number of carbonyl (C=O) groups excluding carboxylic acids is 2. The van der Waals surface area contributed by atoms with Gasteiger partial charge in [0.25, 0.3) is 0 Å². The predicted molar refractivity (Wildman–Crippen MR) is 77.4 cm³/mol. The van der Waals surface area contributed by atoms with E-state index in [2.05, 4.69) is 14.9 Å². The average molecular weight is 348 g/mol. The number of piperidine rings is 2. The van der Waals surface area contributed by atoms with Gasteiger partial charge in [0.15, 0.2) is 0 Å². The van der Waals surface area contributed by atoms with Crippen LogP contribution >= 0.6 is 0 Å². The molecule has 0 spiro atoms. The van der Waals surface area contributed by atoms with Crippen LogP contribution in [0, 0.1) is 0 Å². The van der Waals surface area contributed by atoms with Crippen molar-refractivity contribution in [1.82, 2.24) is 20.6 Å². The highest BCUT2D eigenvalue weighted by Gasteiger charge is 2.49. The number of nitrogens with zero attached hydrogens (tertiary/aromatic N) is 2. The molecule has 3 rings (SSSR count). The maximum Gasteiger partial charge on any atom is 0.418 e. The molecule has 0 aliphatic carbocycles. The molecule has 0 saturated carbocycles. The van der Waals surface area contributed by atoms with Gasteiger partial charge in [0, 0.05) is 12.6 Å². The summed E-state index contributed by atoms with van der Waals surface area (Å²) in [6.45, 7) is 1.89. The van der Waals surface area contributed by atoms with E-state index in [1.54, 1.807) is 0 Å². The summed E-state index contributed by atoms with van der Waals surface area (Å²) in [4.78, 5) is 26.0. The molecule has 10 nitrogen and oxygen atoms in total. The van der Waals surface area contributed by atoms with Crippen LogP contribution < -0.4 is 10.6 Å². The molecule has 3 aliphatic rings. The molecule has 3 saturated heterocycles. The lowest BCUT2D eigenvalue weighted by Gasteiger charge is -2.32. The van der Waals surface area contributed by atoms with Gasteiger partial charge in [0.05, 0.1) is 6.04 Å². The standard InChI is InChI=1S/C12H20N4O6S/c17-11(14-8-3-5-13-6-4-8)10-2-1-9-7-15(10)12(18)16(9)22-23(19,20)21/h8-10,13H,1-7H2,(H,14,17)(H,19,20,21)/t9-,10-/m1/s1. The summed E-state index contributed by atoms with van der Waals surface area (Å²) in [6, 6.07) is -1.74. The Morgan fingerprint density at radius 3 is 2.61 bits per heavy atom. The minimum atomic E-state index is -4.77. The molecule has 23 heavy (non-hydrogen) atoms. The largest absolute Gasteiger partial charge is 0.418 e. The van der Waals surface area contributed by atoms with Gasteiger partial charge in [-0.05, 0) is 38.8 Å². The summed E-state index contributed by atoms with van der Waals surface area (Å²) in [6.07, 6.45) is 2.54. The van der Waals surface area contributed by atoms with E-state index in [9.17, 15) is 18.0 Å². The summed E-state index contributed by atoms with van der Waals surface area (Å²) in [5, 5.41) is 6.81. The quantitative estimate of drug-likeness (QED) is 0.548. The van der Waals surface area contributed by atoms with Crippen molar-refractivity contribution in [2.45, 2.75) is 43.8 Å². The number of hydroxylamine groups is 2. The molecular formula is C12H20N4O6S. The van der Waals surface area contributed by atoms with Gasteiger partial charge in [0.1, 0.15) is 6.04 Å². The highest BCUT2D eigenvalue weighted by Crippen LogP contribution is 2.30. The van der Waals surface area contributed by atoms with E-state index in [0.717, 1.165) is 25.9 Å². The van der Waals surface area contributed by atoms with Gasteiger partial charge in [-0.25, -0.2) is 4.79 Å². The second kappa shape index (κ2) is 6.23. The zero-order valence-electron chi connectivity index (χ0n) is 12.5. The Balaban J connectivity index is 1.64. The van der Waals surface area contributed by atoms with Crippen molar-refractivity contribution in [3.8, 4) is 0 Å². The summed E-state index contributed by atoms with van der Waals surface area (Å²) in [5.74, 6) is -0.225. The zero-order chi connectivity index (χ0) is 16.6. The lowest BCUT2D eigenvalue weighted by molar-refractivity contribution is -0.127. The topological polar surface area (TPSA) is 128 Å². The van der Waals surface area contributed by atoms with Crippen LogP contribution in [0.3, 0.4) is 0 Å². The van der Waals surface area contributed by atoms with Crippen molar-refractivity contribution in [3.63, 3.8) is 0 Å². The average Bonchev–Trinajstić information content (AvgIpc) is 2.72. The van der Waals surface area contributed by atoms with Gasteiger partial charge >= 0.3 is 16.4 Å². The van der Waals surface area contributed by atoms with Crippen LogP contribution in [0.1, 0.15) is 25.7 Å². The van der Waals surface area contributed by atoms with Crippen LogP contribution in [0.5, 0.6) is 0 Å². The van der Waals surface area contributed by atoms with Crippen molar-refractivity contribution in [2.24, 2.45) is 0 Å². The highest BCUT2D eigenvalue weighted by molar-refractivity contribution is 7.80. The number of amides is 3. The first-order valence-corrected chi connectivity index (χ1v) is 8.99. The van der Waals surface area contributed by atoms with Gasteiger partial charge < -0.3 is 15.5 Å². The van der Waals surface area contributed by atoms with E-state index in [1.165, 1.54) is 4.90 Å². The molecule has 0 aromatic carbocycles. The van der Waals surface area contributed by atoms with Crippen LogP contribution in [0.15, 0.2) is 0 Å². The second-order valence-corrected chi connectivity index (χ2v) is 7.05. The first-order valence-electron chi connectivity index (χ1n) is 7.63. The van der Waals surface area contributed by atoms with E-state index in [4.69, 9.17) is 4.55 Å². The molecule has 0 aromatic rings. The summed E-state index contributed by atoms with van der Waals surface area (Å²) < 4.78 is 34.8. The molecule has 0 radical (unpaired) electrons. The molecule has 3 amide bonds. The Labute approximate surface area is 134 Å². The number of hydrogen-bond donors (Lipinski definition) is 3. The number of fused-ring (bicyclic) bond motifs is 2. The van der Waals surface area contributed by atoms with E-state index in [1.807, 2.05) is 0 Å². The smallest absolute Gasteiger partial charge is 0.351 e. The minimum Gasteiger partial charge on any atom is -0.351 e. The monoisotopic (exact) mass is 348 g/mol. The highest BCUT2D eigenvalue weighted by atomic mass is 32.3. The first kappa shape index (κ1) is 16.4. The molecule has 3 heterocycles. The van der Waals surface area contributed by atoms with E-state index in [0.29, 0.717) is 17.9 Å². The van der Waals surface area contributed by atoms with Crippen LogP contribution in [-0.4, -0.2) is 72.6 Å². The third-order valence-corrected chi connectivity index (χ3v) is 4.83. The van der Waals surface area contributed by atoms with Gasteiger partial charge in [-0.2, -0.15) is 13.5 Å². The fourth-order valence-electron chi connectivity index (χ4n) is 3.37. The van der Waals surface area contributed by atoms with E-state index < -0.39 is 28.5 Å². The molecule has 130 valence electrons. The first-order chi connectivity index (χ1) is 10.8. The van der Waals surface area contributed by atoms with Crippen molar-refractivity contribution in [1.29, 1.82) is 0 Å². The Bertz CT molecular complexity index is 590. The van der Waals surface area contributed by atoms with Gasteiger partial charge in [-0.15, -0.1) is 4.28 Å². The Kier molecular flexibility index (Phi) is 4.45. The number of nitrogens with one attached hydrogen (secondary N) is 2. The Hall–Kier alpha value is -1.43. The number of hydrogen-bond acceptors (Lipinski definition) is 6. The molecule has 0 aromatic heterocycles. The van der Waals surface area contributed by atoms with Crippen molar-refractivity contribution < 1.29 is 26.8 Å². The predicted octanol–water partition coefficient (Wildman–Crippen LogP) is -1.14. The van der Waals surface area contributed by atoms with Gasteiger partial charge in [-0.3, -0.25) is 9.35 Å². The molecule has 3 aliphatic heterocycles. The van der Waals surface area contributed by atoms with Crippen molar-refractivity contribution >= 4 is 22.3 Å². The lowest BCUT2D eigenvalue weighted by atomic mass is 9.99. The molecule has 2 bridgehead atoms. The molecule has 11 heteroatoms. The Morgan fingerprint density at radius 2 is 1.96 bits per heavy atom. The van der Waals surface area contributed by atoms with Crippen LogP contribution in [0.2, 0.25) is 0 Å². The second-order valence-electron chi connectivity index (χ2n) is 6.04. The maximum atomic E-state index is 12.4. The summed E-state index contributed by atoms with van der Waals surface area (Å²) >= 11 is 0. The number of urea groups is 1.